The first-order valence-corrected chi connectivity index (χ1v) is 13.3. The van der Waals surface area contributed by atoms with Crippen LogP contribution in [0.5, 0.6) is 0 Å². The minimum Gasteiger partial charge on any atom is -0.295 e. The van der Waals surface area contributed by atoms with E-state index in [4.69, 9.17) is 11.6 Å². The molecule has 166 valence electrons. The average molecular weight is 508 g/mol. The van der Waals surface area contributed by atoms with Crippen LogP contribution in [0, 0.1) is 0 Å². The molecule has 32 heavy (non-hydrogen) atoms. The van der Waals surface area contributed by atoms with Crippen molar-refractivity contribution in [1.29, 1.82) is 0 Å². The lowest BCUT2D eigenvalue weighted by Gasteiger charge is -2.33. The molecule has 0 aliphatic carbocycles. The first-order chi connectivity index (χ1) is 15.4. The number of thiophene rings is 1. The van der Waals surface area contributed by atoms with E-state index in [1.54, 1.807) is 12.1 Å². The topological polar surface area (TPSA) is 87.9 Å². The van der Waals surface area contributed by atoms with E-state index in [1.165, 1.54) is 26.2 Å². The fourth-order valence-corrected chi connectivity index (χ4v) is 7.54. The van der Waals surface area contributed by atoms with Gasteiger partial charge in [-0.15, -0.1) is 11.3 Å². The number of fused-ring (bicyclic) bond motifs is 1. The second-order valence-corrected chi connectivity index (χ2v) is 12.1. The summed E-state index contributed by atoms with van der Waals surface area (Å²) in [6.07, 6.45) is 0. The third-order valence-electron chi connectivity index (χ3n) is 5.18. The summed E-state index contributed by atoms with van der Waals surface area (Å²) in [7, 11) is -3.53. The molecule has 1 aliphatic rings. The number of aromatic nitrogens is 3. The molecule has 12 heteroatoms. The summed E-state index contributed by atoms with van der Waals surface area (Å²) in [6.45, 7) is 2.33. The molecule has 1 saturated heterocycles. The highest BCUT2D eigenvalue weighted by Crippen LogP contribution is 2.29. The molecule has 0 amide bonds. The summed E-state index contributed by atoms with van der Waals surface area (Å²) in [5.74, 6) is 0. The minimum absolute atomic E-state index is 0.223. The number of hydrogen-bond acceptors (Lipinski definition) is 8. The van der Waals surface area contributed by atoms with Gasteiger partial charge in [-0.05, 0) is 12.1 Å². The van der Waals surface area contributed by atoms with Crippen LogP contribution in [-0.4, -0.2) is 58.4 Å². The van der Waals surface area contributed by atoms with Crippen LogP contribution in [0.2, 0.25) is 4.34 Å². The first kappa shape index (κ1) is 21.7. The van der Waals surface area contributed by atoms with Gasteiger partial charge in [0.1, 0.15) is 9.22 Å². The van der Waals surface area contributed by atoms with Gasteiger partial charge in [0, 0.05) is 44.4 Å². The summed E-state index contributed by atoms with van der Waals surface area (Å²) < 4.78 is 29.1. The van der Waals surface area contributed by atoms with Crippen molar-refractivity contribution in [3.8, 4) is 10.6 Å². The fraction of sp³-hybridized carbons (Fsp3) is 0.250. The van der Waals surface area contributed by atoms with Crippen LogP contribution in [0.4, 0.5) is 0 Å². The maximum atomic E-state index is 12.8. The Balaban J connectivity index is 1.30. The Kier molecular flexibility index (Phi) is 5.86. The van der Waals surface area contributed by atoms with Crippen molar-refractivity contribution >= 4 is 49.3 Å². The zero-order valence-electron chi connectivity index (χ0n) is 16.7. The Hall–Kier alpha value is -2.15. The van der Waals surface area contributed by atoms with Gasteiger partial charge in [0.25, 0.3) is 15.6 Å². The number of halogens is 1. The van der Waals surface area contributed by atoms with Crippen molar-refractivity contribution in [2.24, 2.45) is 0 Å². The molecule has 0 bridgehead atoms. The molecule has 5 rings (SSSR count). The van der Waals surface area contributed by atoms with Crippen molar-refractivity contribution in [1.82, 2.24) is 23.8 Å². The highest BCUT2D eigenvalue weighted by Gasteiger charge is 2.29. The van der Waals surface area contributed by atoms with E-state index in [0.29, 0.717) is 47.7 Å². The van der Waals surface area contributed by atoms with E-state index in [-0.39, 0.29) is 9.77 Å². The molecular formula is C20H18ClN5O3S3. The highest BCUT2D eigenvalue weighted by atomic mass is 35.5. The molecule has 4 aromatic rings. The summed E-state index contributed by atoms with van der Waals surface area (Å²) in [4.78, 5) is 19.9. The Labute approximate surface area is 197 Å². The summed E-state index contributed by atoms with van der Waals surface area (Å²) in [6, 6.07) is 14.3. The average Bonchev–Trinajstić information content (AvgIpc) is 3.42. The molecule has 0 saturated carbocycles. The largest absolute Gasteiger partial charge is 0.295 e. The van der Waals surface area contributed by atoms with Crippen LogP contribution >= 0.6 is 34.3 Å². The predicted molar refractivity (Wildman–Crippen MR) is 126 cm³/mol. The van der Waals surface area contributed by atoms with Gasteiger partial charge >= 0.3 is 0 Å². The number of nitrogens with zero attached hydrogens (tertiary/aromatic N) is 5. The summed E-state index contributed by atoms with van der Waals surface area (Å²) in [5, 5.41) is 5.14. The predicted octanol–water partition coefficient (Wildman–Crippen LogP) is 3.04. The molecule has 1 aliphatic heterocycles. The van der Waals surface area contributed by atoms with Crippen LogP contribution in [0.25, 0.3) is 15.5 Å². The van der Waals surface area contributed by atoms with E-state index in [2.05, 4.69) is 15.0 Å². The lowest BCUT2D eigenvalue weighted by atomic mass is 10.2. The summed E-state index contributed by atoms with van der Waals surface area (Å²) >= 11 is 8.33. The molecule has 0 unspecified atom stereocenters. The zero-order valence-corrected chi connectivity index (χ0v) is 19.9. The van der Waals surface area contributed by atoms with E-state index in [0.717, 1.165) is 21.9 Å². The molecule has 0 spiro atoms. The smallest absolute Gasteiger partial charge is 0.275 e. The summed E-state index contributed by atoms with van der Waals surface area (Å²) in [5.41, 5.74) is 1.37. The number of hydrogen-bond donors (Lipinski definition) is 0. The molecule has 1 aromatic carbocycles. The van der Waals surface area contributed by atoms with Crippen LogP contribution in [0.3, 0.4) is 0 Å². The highest BCUT2D eigenvalue weighted by molar-refractivity contribution is 7.91. The zero-order chi connectivity index (χ0) is 22.3. The van der Waals surface area contributed by atoms with E-state index >= 15 is 0 Å². The van der Waals surface area contributed by atoms with E-state index in [1.807, 2.05) is 30.3 Å². The Morgan fingerprint density at radius 1 is 1.00 bits per heavy atom. The number of rotatable bonds is 5. The van der Waals surface area contributed by atoms with Gasteiger partial charge < -0.3 is 0 Å². The van der Waals surface area contributed by atoms with Crippen LogP contribution in [0.1, 0.15) is 5.69 Å². The molecular weight excluding hydrogens is 490 g/mol. The van der Waals surface area contributed by atoms with Gasteiger partial charge in [0.15, 0.2) is 0 Å². The molecule has 0 atom stereocenters. The molecule has 4 heterocycles. The lowest BCUT2D eigenvalue weighted by molar-refractivity contribution is 0.180. The maximum absolute atomic E-state index is 12.8. The lowest BCUT2D eigenvalue weighted by Crippen LogP contribution is -2.48. The van der Waals surface area contributed by atoms with E-state index in [9.17, 15) is 13.2 Å². The van der Waals surface area contributed by atoms with Crippen molar-refractivity contribution in [3.63, 3.8) is 0 Å². The van der Waals surface area contributed by atoms with Crippen molar-refractivity contribution in [2.75, 3.05) is 26.2 Å². The third-order valence-corrected chi connectivity index (χ3v) is 9.73. The monoisotopic (exact) mass is 507 g/mol. The van der Waals surface area contributed by atoms with Crippen molar-refractivity contribution in [3.05, 3.63) is 68.9 Å². The molecule has 1 fully saturated rings. The molecule has 0 N–H and O–H groups in total. The number of sulfonamides is 1. The fourth-order valence-electron chi connectivity index (χ4n) is 3.56. The Morgan fingerprint density at radius 2 is 1.75 bits per heavy atom. The van der Waals surface area contributed by atoms with Crippen LogP contribution in [-0.2, 0) is 16.6 Å². The van der Waals surface area contributed by atoms with Crippen LogP contribution in [0.15, 0.2) is 57.5 Å². The normalized spacial score (nSPS) is 16.0. The van der Waals surface area contributed by atoms with Crippen LogP contribution < -0.4 is 5.56 Å². The molecule has 3 aromatic heterocycles. The SMILES string of the molecule is O=c1cc(CN2CCN(S(=O)(=O)c3ccc(Cl)s3)CC2)nc2sc(-c3ccccc3)nn12. The van der Waals surface area contributed by atoms with Gasteiger partial charge in [-0.1, -0.05) is 53.3 Å². The third kappa shape index (κ3) is 4.24. The first-order valence-electron chi connectivity index (χ1n) is 9.83. The van der Waals surface area contributed by atoms with Gasteiger partial charge in [0.2, 0.25) is 4.96 Å². The molecule has 8 nitrogen and oxygen atoms in total. The Bertz CT molecular complexity index is 1420. The standard InChI is InChI=1S/C20H18ClN5O3S3/c21-16-6-7-18(30-16)32(28,29)25-10-8-24(9-11-25)13-15-12-17(27)26-20(22-15)31-19(23-26)14-4-2-1-3-5-14/h1-7,12H,8-11,13H2. The van der Waals surface area contributed by atoms with Gasteiger partial charge in [0.05, 0.1) is 10.0 Å². The molecule has 0 radical (unpaired) electrons. The number of piperazine rings is 1. The minimum atomic E-state index is -3.53. The van der Waals surface area contributed by atoms with Crippen molar-refractivity contribution in [2.45, 2.75) is 10.8 Å². The second kappa shape index (κ2) is 8.65. The second-order valence-electron chi connectivity index (χ2n) is 7.29. The van der Waals surface area contributed by atoms with Gasteiger partial charge in [-0.3, -0.25) is 9.69 Å². The van der Waals surface area contributed by atoms with Gasteiger partial charge in [-0.2, -0.15) is 13.9 Å². The number of benzene rings is 1. The Morgan fingerprint density at radius 3 is 2.44 bits per heavy atom. The van der Waals surface area contributed by atoms with Crippen molar-refractivity contribution < 1.29 is 8.42 Å². The maximum Gasteiger partial charge on any atom is 0.275 e. The van der Waals surface area contributed by atoms with Gasteiger partial charge in [-0.25, -0.2) is 13.4 Å². The van der Waals surface area contributed by atoms with E-state index < -0.39 is 10.0 Å². The quantitative estimate of drug-likeness (QED) is 0.412.